The summed E-state index contributed by atoms with van der Waals surface area (Å²) >= 11 is 0. The van der Waals surface area contributed by atoms with E-state index in [-0.39, 0.29) is 11.6 Å². The van der Waals surface area contributed by atoms with Crippen molar-refractivity contribution in [3.05, 3.63) is 29.6 Å². The first kappa shape index (κ1) is 13.9. The summed E-state index contributed by atoms with van der Waals surface area (Å²) in [6, 6.07) is 0. The van der Waals surface area contributed by atoms with E-state index in [2.05, 4.69) is 25.4 Å². The van der Waals surface area contributed by atoms with Crippen LogP contribution in [0.3, 0.4) is 0 Å². The zero-order chi connectivity index (χ0) is 14.9. The highest BCUT2D eigenvalue weighted by atomic mass is 19.4. The Labute approximate surface area is 110 Å². The second-order valence-electron chi connectivity index (χ2n) is 3.88. The molecule has 2 aromatic rings. The molecule has 0 atom stereocenters. The van der Waals surface area contributed by atoms with Crippen molar-refractivity contribution < 1.29 is 18.0 Å². The van der Waals surface area contributed by atoms with E-state index in [1.165, 1.54) is 19.4 Å². The highest BCUT2D eigenvalue weighted by Crippen LogP contribution is 2.26. The van der Waals surface area contributed by atoms with E-state index < -0.39 is 17.9 Å². The lowest BCUT2D eigenvalue weighted by Crippen LogP contribution is -2.17. The Bertz CT molecular complexity index is 633. The van der Waals surface area contributed by atoms with Gasteiger partial charge in [0.15, 0.2) is 0 Å². The van der Waals surface area contributed by atoms with Crippen LogP contribution >= 0.6 is 0 Å². The number of nitrogens with zero attached hydrogens (tertiary/aromatic N) is 5. The lowest BCUT2D eigenvalue weighted by molar-refractivity contribution is -0.144. The molecule has 0 radical (unpaired) electrons. The van der Waals surface area contributed by atoms with Crippen LogP contribution in [0.1, 0.15) is 22.0 Å². The van der Waals surface area contributed by atoms with E-state index >= 15 is 0 Å². The number of hydrogen-bond donors (Lipinski definition) is 1. The number of aryl methyl sites for hydroxylation is 2. The number of halogens is 3. The Morgan fingerprint density at radius 2 is 2.00 bits per heavy atom. The average Bonchev–Trinajstić information content (AvgIpc) is 2.71. The molecule has 7 nitrogen and oxygen atoms in total. The van der Waals surface area contributed by atoms with Crippen LogP contribution in [0.2, 0.25) is 0 Å². The van der Waals surface area contributed by atoms with Crippen LogP contribution in [0.4, 0.5) is 19.1 Å². The van der Waals surface area contributed by atoms with Crippen LogP contribution in [0.15, 0.2) is 12.4 Å². The second kappa shape index (κ2) is 4.87. The fourth-order valence-corrected chi connectivity index (χ4v) is 1.29. The molecule has 0 aromatic carbocycles. The number of hydrogen-bond acceptors (Lipinski definition) is 5. The number of rotatable bonds is 2. The van der Waals surface area contributed by atoms with Crippen molar-refractivity contribution >= 4 is 11.9 Å². The molecule has 0 spiro atoms. The molecule has 2 aromatic heterocycles. The van der Waals surface area contributed by atoms with Gasteiger partial charge in [-0.25, -0.2) is 9.67 Å². The molecule has 2 rings (SSSR count). The molecule has 0 aliphatic heterocycles. The van der Waals surface area contributed by atoms with Crippen LogP contribution in [-0.4, -0.2) is 30.6 Å². The summed E-state index contributed by atoms with van der Waals surface area (Å²) < 4.78 is 38.1. The molecule has 0 aliphatic carbocycles. The minimum absolute atomic E-state index is 0.0350. The normalized spacial score (nSPS) is 11.4. The molecule has 1 N–H and O–H groups in total. The first-order valence-electron chi connectivity index (χ1n) is 5.35. The molecule has 0 unspecified atom stereocenters. The van der Waals surface area contributed by atoms with E-state index in [0.29, 0.717) is 5.69 Å². The molecule has 0 bridgehead atoms. The first-order chi connectivity index (χ1) is 9.27. The van der Waals surface area contributed by atoms with Gasteiger partial charge in [0.2, 0.25) is 5.95 Å². The van der Waals surface area contributed by atoms with Gasteiger partial charge in [-0.1, -0.05) is 0 Å². The van der Waals surface area contributed by atoms with Gasteiger partial charge in [0.25, 0.3) is 11.7 Å². The molecule has 10 heteroatoms. The molecule has 106 valence electrons. The third kappa shape index (κ3) is 2.90. The number of alkyl halides is 3. The lowest BCUT2D eigenvalue weighted by Gasteiger charge is -2.02. The third-order valence-corrected chi connectivity index (χ3v) is 2.26. The quantitative estimate of drug-likeness (QED) is 0.896. The second-order valence-corrected chi connectivity index (χ2v) is 3.88. The van der Waals surface area contributed by atoms with Crippen LogP contribution in [0, 0.1) is 6.92 Å². The fraction of sp³-hybridized carbons (Fsp3) is 0.300. The summed E-state index contributed by atoms with van der Waals surface area (Å²) in [7, 11) is 1.23. The van der Waals surface area contributed by atoms with E-state index in [4.69, 9.17) is 0 Å². The molecule has 0 saturated carbocycles. The molecule has 0 fully saturated rings. The topological polar surface area (TPSA) is 85.6 Å². The summed E-state index contributed by atoms with van der Waals surface area (Å²) in [6.07, 6.45) is -2.09. The lowest BCUT2D eigenvalue weighted by atomic mass is 10.4. The van der Waals surface area contributed by atoms with Crippen LogP contribution < -0.4 is 5.32 Å². The van der Waals surface area contributed by atoms with Gasteiger partial charge in [-0.3, -0.25) is 15.1 Å². The van der Waals surface area contributed by atoms with E-state index in [0.717, 1.165) is 4.68 Å². The van der Waals surface area contributed by atoms with Gasteiger partial charge in [0, 0.05) is 13.2 Å². The SMILES string of the molecule is Cc1cnc(C(=O)Nc2nc(C(F)(F)F)nn2C)cn1. The molecule has 0 aliphatic rings. The molecule has 1 amide bonds. The van der Waals surface area contributed by atoms with Gasteiger partial charge in [0.1, 0.15) is 5.69 Å². The van der Waals surface area contributed by atoms with Crippen LogP contribution in [0.5, 0.6) is 0 Å². The van der Waals surface area contributed by atoms with E-state index in [1.807, 2.05) is 0 Å². The minimum atomic E-state index is -4.68. The van der Waals surface area contributed by atoms with Crippen LogP contribution in [0.25, 0.3) is 0 Å². The predicted octanol–water partition coefficient (Wildman–Crippen LogP) is 1.18. The van der Waals surface area contributed by atoms with Gasteiger partial charge >= 0.3 is 6.18 Å². The smallest absolute Gasteiger partial charge is 0.289 e. The maximum absolute atomic E-state index is 12.4. The number of amides is 1. The summed E-state index contributed by atoms with van der Waals surface area (Å²) in [5.41, 5.74) is 0.576. The van der Waals surface area contributed by atoms with Crippen molar-refractivity contribution in [1.82, 2.24) is 24.7 Å². The summed E-state index contributed by atoms with van der Waals surface area (Å²) in [5.74, 6) is -2.38. The summed E-state index contributed by atoms with van der Waals surface area (Å²) in [4.78, 5) is 22.6. The Balaban J connectivity index is 2.20. The number of anilines is 1. The molecular weight excluding hydrogens is 277 g/mol. The minimum Gasteiger partial charge on any atom is -0.289 e. The Morgan fingerprint density at radius 3 is 2.50 bits per heavy atom. The van der Waals surface area contributed by atoms with E-state index in [1.54, 1.807) is 6.92 Å². The van der Waals surface area contributed by atoms with Crippen molar-refractivity contribution in [2.24, 2.45) is 7.05 Å². The number of aromatic nitrogens is 5. The third-order valence-electron chi connectivity index (χ3n) is 2.26. The van der Waals surface area contributed by atoms with Crippen molar-refractivity contribution in [3.63, 3.8) is 0 Å². The van der Waals surface area contributed by atoms with Gasteiger partial charge in [-0.05, 0) is 6.92 Å². The van der Waals surface area contributed by atoms with Gasteiger partial charge < -0.3 is 0 Å². The summed E-state index contributed by atoms with van der Waals surface area (Å²) in [5, 5.41) is 5.36. The Hall–Kier alpha value is -2.52. The highest BCUT2D eigenvalue weighted by Gasteiger charge is 2.37. The number of carbonyl (C=O) groups excluding carboxylic acids is 1. The Morgan fingerprint density at radius 1 is 1.30 bits per heavy atom. The van der Waals surface area contributed by atoms with Crippen LogP contribution in [-0.2, 0) is 13.2 Å². The molecule has 20 heavy (non-hydrogen) atoms. The number of nitrogens with one attached hydrogen (secondary N) is 1. The first-order valence-corrected chi connectivity index (χ1v) is 5.35. The van der Waals surface area contributed by atoms with Gasteiger partial charge in [-0.2, -0.15) is 18.2 Å². The zero-order valence-corrected chi connectivity index (χ0v) is 10.4. The highest BCUT2D eigenvalue weighted by molar-refractivity contribution is 6.01. The molecule has 0 saturated heterocycles. The fourth-order valence-electron chi connectivity index (χ4n) is 1.29. The average molecular weight is 286 g/mol. The zero-order valence-electron chi connectivity index (χ0n) is 10.4. The van der Waals surface area contributed by atoms with Crippen molar-refractivity contribution in [2.45, 2.75) is 13.1 Å². The monoisotopic (exact) mass is 286 g/mol. The predicted molar refractivity (Wildman–Crippen MR) is 60.7 cm³/mol. The van der Waals surface area contributed by atoms with Gasteiger partial charge in [-0.15, -0.1) is 5.10 Å². The standard InChI is InChI=1S/C10H9F3N6O/c1-5-3-15-6(4-14-5)7(20)16-9-17-8(10(11,12)13)18-19(9)2/h3-4H,1-2H3,(H,16,17,18,20). The van der Waals surface area contributed by atoms with E-state index in [9.17, 15) is 18.0 Å². The van der Waals surface area contributed by atoms with Crippen molar-refractivity contribution in [3.8, 4) is 0 Å². The summed E-state index contributed by atoms with van der Waals surface area (Å²) in [6.45, 7) is 1.69. The maximum atomic E-state index is 12.4. The largest absolute Gasteiger partial charge is 0.453 e. The van der Waals surface area contributed by atoms with Crippen molar-refractivity contribution in [1.29, 1.82) is 0 Å². The molecular formula is C10H9F3N6O. The van der Waals surface area contributed by atoms with Crippen molar-refractivity contribution in [2.75, 3.05) is 5.32 Å². The Kier molecular flexibility index (Phi) is 3.38. The maximum Gasteiger partial charge on any atom is 0.453 e. The number of carbonyl (C=O) groups is 1. The molecule has 2 heterocycles. The van der Waals surface area contributed by atoms with Gasteiger partial charge in [0.05, 0.1) is 11.9 Å².